The molecular weight excluding hydrogens is 346 g/mol. The SMILES string of the molecule is COc1ccccc1CN(C)Cc1nc(-c2ccc(OC)c(OC)c2)no1. The molecule has 3 aromatic rings. The Morgan fingerprint density at radius 2 is 1.63 bits per heavy atom. The summed E-state index contributed by atoms with van der Waals surface area (Å²) in [5.41, 5.74) is 1.90. The minimum Gasteiger partial charge on any atom is -0.496 e. The molecule has 142 valence electrons. The molecule has 0 aliphatic rings. The molecule has 0 fully saturated rings. The van der Waals surface area contributed by atoms with Crippen molar-refractivity contribution >= 4 is 0 Å². The summed E-state index contributed by atoms with van der Waals surface area (Å²) in [5, 5.41) is 4.08. The van der Waals surface area contributed by atoms with E-state index in [-0.39, 0.29) is 0 Å². The van der Waals surface area contributed by atoms with Crippen LogP contribution in [0.4, 0.5) is 0 Å². The van der Waals surface area contributed by atoms with Crippen LogP contribution in [0.1, 0.15) is 11.5 Å². The summed E-state index contributed by atoms with van der Waals surface area (Å²) < 4.78 is 21.4. The zero-order valence-corrected chi connectivity index (χ0v) is 15.9. The molecule has 0 radical (unpaired) electrons. The van der Waals surface area contributed by atoms with Crippen LogP contribution in [0.25, 0.3) is 11.4 Å². The van der Waals surface area contributed by atoms with Crippen molar-refractivity contribution in [2.45, 2.75) is 13.1 Å². The highest BCUT2D eigenvalue weighted by atomic mass is 16.5. The Bertz CT molecular complexity index is 894. The predicted molar refractivity (Wildman–Crippen MR) is 101 cm³/mol. The minimum atomic E-state index is 0.511. The topological polar surface area (TPSA) is 69.9 Å². The zero-order valence-electron chi connectivity index (χ0n) is 15.9. The molecule has 2 aromatic carbocycles. The predicted octanol–water partition coefficient (Wildman–Crippen LogP) is 3.39. The van der Waals surface area contributed by atoms with Crippen molar-refractivity contribution < 1.29 is 18.7 Å². The molecule has 7 heteroatoms. The fourth-order valence-electron chi connectivity index (χ4n) is 2.82. The quantitative estimate of drug-likeness (QED) is 0.603. The van der Waals surface area contributed by atoms with E-state index < -0.39 is 0 Å². The van der Waals surface area contributed by atoms with E-state index in [1.54, 1.807) is 21.3 Å². The Morgan fingerprint density at radius 3 is 2.37 bits per heavy atom. The summed E-state index contributed by atoms with van der Waals surface area (Å²) in [4.78, 5) is 6.58. The zero-order chi connectivity index (χ0) is 19.2. The summed E-state index contributed by atoms with van der Waals surface area (Å²) >= 11 is 0. The molecule has 0 spiro atoms. The number of para-hydroxylation sites is 1. The molecule has 0 saturated heterocycles. The second kappa shape index (κ2) is 8.55. The third-order valence-electron chi connectivity index (χ3n) is 4.15. The first kappa shape index (κ1) is 18.7. The second-order valence-corrected chi connectivity index (χ2v) is 6.07. The number of methoxy groups -OCH3 is 3. The summed E-state index contributed by atoms with van der Waals surface area (Å²) in [5.74, 6) is 3.19. The number of ether oxygens (including phenoxy) is 3. The maximum Gasteiger partial charge on any atom is 0.241 e. The molecule has 0 bridgehead atoms. The van der Waals surface area contributed by atoms with E-state index in [2.05, 4.69) is 15.0 Å². The van der Waals surface area contributed by atoms with Crippen molar-refractivity contribution in [2.75, 3.05) is 28.4 Å². The van der Waals surface area contributed by atoms with E-state index >= 15 is 0 Å². The molecule has 3 rings (SSSR count). The van der Waals surface area contributed by atoms with Crippen LogP contribution >= 0.6 is 0 Å². The van der Waals surface area contributed by atoms with Crippen LogP contribution in [0, 0.1) is 0 Å². The Morgan fingerprint density at radius 1 is 0.889 bits per heavy atom. The monoisotopic (exact) mass is 369 g/mol. The molecular formula is C20H23N3O4. The van der Waals surface area contributed by atoms with Gasteiger partial charge in [-0.1, -0.05) is 23.4 Å². The highest BCUT2D eigenvalue weighted by Crippen LogP contribution is 2.31. The van der Waals surface area contributed by atoms with Gasteiger partial charge >= 0.3 is 0 Å². The molecule has 0 atom stereocenters. The first-order valence-corrected chi connectivity index (χ1v) is 8.50. The lowest BCUT2D eigenvalue weighted by Gasteiger charge is -2.16. The number of nitrogens with zero attached hydrogens (tertiary/aromatic N) is 3. The summed E-state index contributed by atoms with van der Waals surface area (Å²) in [6.07, 6.45) is 0. The molecule has 0 N–H and O–H groups in total. The van der Waals surface area contributed by atoms with Gasteiger partial charge in [-0.25, -0.2) is 0 Å². The number of hydrogen-bond donors (Lipinski definition) is 0. The Labute approximate surface area is 158 Å². The smallest absolute Gasteiger partial charge is 0.241 e. The summed E-state index contributed by atoms with van der Waals surface area (Å²) in [6, 6.07) is 13.4. The maximum atomic E-state index is 5.41. The van der Waals surface area contributed by atoms with Gasteiger partial charge in [0.25, 0.3) is 0 Å². The van der Waals surface area contributed by atoms with Crippen LogP contribution < -0.4 is 14.2 Å². The summed E-state index contributed by atoms with van der Waals surface area (Å²) in [6.45, 7) is 1.23. The molecule has 0 amide bonds. The Kier molecular flexibility index (Phi) is 5.93. The van der Waals surface area contributed by atoms with Gasteiger partial charge in [-0.05, 0) is 31.3 Å². The molecule has 1 heterocycles. The van der Waals surface area contributed by atoms with Gasteiger partial charge in [-0.3, -0.25) is 4.90 Å². The van der Waals surface area contributed by atoms with Gasteiger partial charge in [0, 0.05) is 17.7 Å². The van der Waals surface area contributed by atoms with E-state index in [1.165, 1.54) is 0 Å². The van der Waals surface area contributed by atoms with Gasteiger partial charge in [0.15, 0.2) is 11.5 Å². The van der Waals surface area contributed by atoms with E-state index in [9.17, 15) is 0 Å². The van der Waals surface area contributed by atoms with Crippen molar-refractivity contribution in [2.24, 2.45) is 0 Å². The summed E-state index contributed by atoms with van der Waals surface area (Å²) in [7, 11) is 6.86. The van der Waals surface area contributed by atoms with Crippen LogP contribution in [0.3, 0.4) is 0 Å². The Hall–Kier alpha value is -3.06. The average molecular weight is 369 g/mol. The second-order valence-electron chi connectivity index (χ2n) is 6.07. The first-order chi connectivity index (χ1) is 13.1. The largest absolute Gasteiger partial charge is 0.496 e. The van der Waals surface area contributed by atoms with Gasteiger partial charge < -0.3 is 18.7 Å². The van der Waals surface area contributed by atoms with Crippen LogP contribution in [0.2, 0.25) is 0 Å². The number of hydrogen-bond acceptors (Lipinski definition) is 7. The van der Waals surface area contributed by atoms with Crippen molar-refractivity contribution in [3.63, 3.8) is 0 Å². The van der Waals surface area contributed by atoms with Crippen LogP contribution in [0.15, 0.2) is 47.0 Å². The van der Waals surface area contributed by atoms with Crippen LogP contribution in [0.5, 0.6) is 17.2 Å². The lowest BCUT2D eigenvalue weighted by molar-refractivity contribution is 0.257. The minimum absolute atomic E-state index is 0.511. The molecule has 27 heavy (non-hydrogen) atoms. The van der Waals surface area contributed by atoms with Crippen LogP contribution in [-0.4, -0.2) is 43.4 Å². The third kappa shape index (κ3) is 4.38. The lowest BCUT2D eigenvalue weighted by Crippen LogP contribution is -2.17. The molecule has 7 nitrogen and oxygen atoms in total. The van der Waals surface area contributed by atoms with Crippen molar-refractivity contribution in [1.29, 1.82) is 0 Å². The highest BCUT2D eigenvalue weighted by molar-refractivity contribution is 5.60. The van der Waals surface area contributed by atoms with Gasteiger partial charge in [0.2, 0.25) is 11.7 Å². The molecule has 0 unspecified atom stereocenters. The van der Waals surface area contributed by atoms with Gasteiger partial charge in [0.1, 0.15) is 5.75 Å². The molecule has 1 aromatic heterocycles. The number of benzene rings is 2. The molecule has 0 aliphatic carbocycles. The van der Waals surface area contributed by atoms with E-state index in [4.69, 9.17) is 18.7 Å². The van der Waals surface area contributed by atoms with E-state index in [1.807, 2.05) is 49.5 Å². The standard InChI is InChI=1S/C20H23N3O4/c1-23(12-15-7-5-6-8-16(15)24-2)13-19-21-20(22-27-19)14-9-10-17(25-3)18(11-14)26-4/h5-11H,12-13H2,1-4H3. The molecule has 0 saturated carbocycles. The van der Waals surface area contributed by atoms with E-state index in [0.29, 0.717) is 36.3 Å². The van der Waals surface area contributed by atoms with Crippen molar-refractivity contribution in [3.8, 4) is 28.6 Å². The van der Waals surface area contributed by atoms with E-state index in [0.717, 1.165) is 16.9 Å². The maximum absolute atomic E-state index is 5.41. The first-order valence-electron chi connectivity index (χ1n) is 8.50. The highest BCUT2D eigenvalue weighted by Gasteiger charge is 2.14. The average Bonchev–Trinajstić information content (AvgIpc) is 3.16. The van der Waals surface area contributed by atoms with Gasteiger partial charge in [-0.2, -0.15) is 4.98 Å². The molecule has 0 aliphatic heterocycles. The van der Waals surface area contributed by atoms with Gasteiger partial charge in [0.05, 0.1) is 27.9 Å². The fraction of sp³-hybridized carbons (Fsp3) is 0.300. The normalized spacial score (nSPS) is 10.9. The number of rotatable bonds is 8. The third-order valence-corrected chi connectivity index (χ3v) is 4.15. The lowest BCUT2D eigenvalue weighted by atomic mass is 10.2. The van der Waals surface area contributed by atoms with Crippen molar-refractivity contribution in [3.05, 3.63) is 53.9 Å². The Balaban J connectivity index is 1.70. The van der Waals surface area contributed by atoms with Crippen molar-refractivity contribution in [1.82, 2.24) is 15.0 Å². The van der Waals surface area contributed by atoms with Crippen LogP contribution in [-0.2, 0) is 13.1 Å². The van der Waals surface area contributed by atoms with Gasteiger partial charge in [-0.15, -0.1) is 0 Å². The fourth-order valence-corrected chi connectivity index (χ4v) is 2.82. The number of aromatic nitrogens is 2.